The highest BCUT2D eigenvalue weighted by molar-refractivity contribution is 6.26. The predicted octanol–water partition coefficient (Wildman–Crippen LogP) is 12.6. The third-order valence-corrected chi connectivity index (χ3v) is 8.43. The van der Waals surface area contributed by atoms with Crippen molar-refractivity contribution in [1.82, 2.24) is 0 Å². The molecule has 210 valence electrons. The van der Waals surface area contributed by atoms with E-state index in [1.54, 1.807) is 18.2 Å². The van der Waals surface area contributed by atoms with Crippen molar-refractivity contribution in [3.63, 3.8) is 0 Å². The lowest BCUT2D eigenvalue weighted by Crippen LogP contribution is -1.93. The number of furan rings is 1. The molecular weight excluding hydrogens is 544 g/mol. The fourth-order valence-corrected chi connectivity index (χ4v) is 6.60. The molecule has 0 aliphatic carbocycles. The Hall–Kier alpha value is -5.92. The normalized spacial score (nSPS) is 14.7. The maximum atomic E-state index is 8.85. The van der Waals surface area contributed by atoms with Crippen molar-refractivity contribution >= 4 is 43.5 Å². The minimum absolute atomic E-state index is 0.0624. The summed E-state index contributed by atoms with van der Waals surface area (Å²) in [6.45, 7) is 0. The van der Waals surface area contributed by atoms with Crippen molar-refractivity contribution in [1.29, 1.82) is 0 Å². The molecule has 1 aromatic heterocycles. The zero-order valence-electron chi connectivity index (χ0n) is 33.8. The summed E-state index contributed by atoms with van der Waals surface area (Å²) in [6.07, 6.45) is 0. The third kappa shape index (κ3) is 4.09. The molecule has 0 fully saturated rings. The van der Waals surface area contributed by atoms with Gasteiger partial charge in [0.05, 0.1) is 13.7 Å². The minimum Gasteiger partial charge on any atom is -0.456 e. The second kappa shape index (κ2) is 10.4. The van der Waals surface area contributed by atoms with E-state index in [9.17, 15) is 0 Å². The van der Waals surface area contributed by atoms with Gasteiger partial charge in [-0.2, -0.15) is 0 Å². The van der Waals surface area contributed by atoms with E-state index < -0.39 is 36.3 Å². The van der Waals surface area contributed by atoms with Crippen LogP contribution in [0.2, 0.25) is 0 Å². The Morgan fingerprint density at radius 3 is 1.49 bits per heavy atom. The van der Waals surface area contributed by atoms with Crippen LogP contribution in [-0.4, -0.2) is 0 Å². The molecule has 9 rings (SSSR count). The van der Waals surface area contributed by atoms with Crippen molar-refractivity contribution in [2.24, 2.45) is 0 Å². The Kier molecular flexibility index (Phi) is 4.01. The van der Waals surface area contributed by atoms with Gasteiger partial charge in [-0.1, -0.05) is 151 Å². The summed E-state index contributed by atoms with van der Waals surface area (Å²) >= 11 is 0. The van der Waals surface area contributed by atoms with E-state index in [-0.39, 0.29) is 35.3 Å². The van der Waals surface area contributed by atoms with Gasteiger partial charge in [0.25, 0.3) is 0 Å². The number of fused-ring (bicyclic) bond motifs is 5. The Morgan fingerprint density at radius 2 is 0.867 bits per heavy atom. The number of benzene rings is 8. The van der Waals surface area contributed by atoms with Crippen molar-refractivity contribution in [2.45, 2.75) is 0 Å². The molecule has 9 aromatic rings. The number of para-hydroxylation sites is 1. The molecule has 0 N–H and O–H groups in total. The van der Waals surface area contributed by atoms with Crippen LogP contribution in [0, 0.1) is 0 Å². The summed E-state index contributed by atoms with van der Waals surface area (Å²) in [4.78, 5) is 0. The first-order valence-corrected chi connectivity index (χ1v) is 14.6. The molecule has 0 atom stereocenters. The van der Waals surface area contributed by atoms with Crippen LogP contribution in [0.25, 0.3) is 88.0 Å². The van der Waals surface area contributed by atoms with Gasteiger partial charge in [-0.05, 0) is 84.3 Å². The molecule has 0 aliphatic rings. The van der Waals surface area contributed by atoms with Gasteiger partial charge in [-0.3, -0.25) is 0 Å². The van der Waals surface area contributed by atoms with Crippen LogP contribution in [0.15, 0.2) is 174 Å². The monoisotopic (exact) mass is 582 g/mol. The largest absolute Gasteiger partial charge is 0.456 e. The standard InChI is InChI=1S/C44H28O/c1-3-15-29(16-4-1)31-27-39(44-38-25-13-14-26-40(38)45-41(44)28-31)43-36-23-11-9-21-34(36)42(35-22-10-12-24-37(35)43)33-20-8-7-19-32(33)30-17-5-2-6-18-30/h1-28H/i1D,2D,3D,4D,5D,6D,15D,16D,17D,18D. The topological polar surface area (TPSA) is 13.1 Å². The van der Waals surface area contributed by atoms with E-state index in [1.807, 2.05) is 91.0 Å². The van der Waals surface area contributed by atoms with Crippen LogP contribution in [0.5, 0.6) is 0 Å². The van der Waals surface area contributed by atoms with Crippen molar-refractivity contribution in [3.05, 3.63) is 170 Å². The Morgan fingerprint density at radius 1 is 0.378 bits per heavy atom. The summed E-state index contributed by atoms with van der Waals surface area (Å²) in [5, 5.41) is 5.02. The van der Waals surface area contributed by atoms with E-state index in [4.69, 9.17) is 18.1 Å². The molecule has 1 nitrogen and oxygen atoms in total. The molecule has 1 heterocycles. The smallest absolute Gasteiger partial charge is 0.136 e. The zero-order chi connectivity index (χ0) is 38.4. The van der Waals surface area contributed by atoms with Gasteiger partial charge in [-0.25, -0.2) is 0 Å². The molecule has 0 unspecified atom stereocenters. The molecule has 1 heteroatoms. The molecule has 45 heavy (non-hydrogen) atoms. The fraction of sp³-hybridized carbons (Fsp3) is 0. The van der Waals surface area contributed by atoms with Crippen LogP contribution in [-0.2, 0) is 0 Å². The lowest BCUT2D eigenvalue weighted by Gasteiger charge is -2.20. The first kappa shape index (κ1) is 17.4. The molecular formula is C44H28O. The summed E-state index contributed by atoms with van der Waals surface area (Å²) in [5.74, 6) is 0. The highest BCUT2D eigenvalue weighted by atomic mass is 16.3. The molecule has 0 aliphatic heterocycles. The van der Waals surface area contributed by atoms with Crippen LogP contribution < -0.4 is 0 Å². The number of hydrogen-bond donors (Lipinski definition) is 0. The molecule has 0 saturated carbocycles. The van der Waals surface area contributed by atoms with E-state index in [0.29, 0.717) is 27.9 Å². The van der Waals surface area contributed by atoms with Crippen molar-refractivity contribution in [2.75, 3.05) is 0 Å². The van der Waals surface area contributed by atoms with Gasteiger partial charge in [-0.15, -0.1) is 0 Å². The second-order valence-electron chi connectivity index (χ2n) is 10.9. The predicted molar refractivity (Wildman–Crippen MR) is 190 cm³/mol. The van der Waals surface area contributed by atoms with E-state index in [0.717, 1.165) is 49.0 Å². The van der Waals surface area contributed by atoms with Crippen LogP contribution in [0.3, 0.4) is 0 Å². The average molecular weight is 583 g/mol. The molecule has 0 radical (unpaired) electrons. The Labute approximate surface area is 275 Å². The number of hydrogen-bond acceptors (Lipinski definition) is 1. The summed E-state index contributed by atoms with van der Waals surface area (Å²) in [6, 6.07) is 30.6. The van der Waals surface area contributed by atoms with Gasteiger partial charge in [0.2, 0.25) is 0 Å². The Bertz CT molecular complexity index is 3000. The van der Waals surface area contributed by atoms with Crippen molar-refractivity contribution in [3.8, 4) is 44.5 Å². The SMILES string of the molecule is [2H]c1c([2H])c([2H])c(-c2cc(-c3c4ccccc4c(-c4ccccc4-c4c([2H])c([2H])c([2H])c([2H])c4[2H])c4ccccc34)c3c(c2)oc2ccccc23)c([2H])c1[2H]. The first-order valence-electron chi connectivity index (χ1n) is 19.6. The van der Waals surface area contributed by atoms with Gasteiger partial charge in [0.1, 0.15) is 11.2 Å². The number of rotatable bonds is 4. The second-order valence-corrected chi connectivity index (χ2v) is 10.9. The summed E-state index contributed by atoms with van der Waals surface area (Å²) < 4.78 is 92.0. The molecule has 0 bridgehead atoms. The summed E-state index contributed by atoms with van der Waals surface area (Å²) in [7, 11) is 0. The average Bonchev–Trinajstić information content (AvgIpc) is 3.59. The van der Waals surface area contributed by atoms with E-state index >= 15 is 0 Å². The van der Waals surface area contributed by atoms with Crippen LogP contribution in [0.4, 0.5) is 0 Å². The first-order chi connectivity index (χ1) is 26.5. The molecule has 0 amide bonds. The lowest BCUT2D eigenvalue weighted by molar-refractivity contribution is 0.669. The third-order valence-electron chi connectivity index (χ3n) is 8.43. The minimum atomic E-state index is -0.472. The quantitative estimate of drug-likeness (QED) is 0.188. The Balaban J connectivity index is 1.44. The fourth-order valence-electron chi connectivity index (χ4n) is 6.60. The maximum Gasteiger partial charge on any atom is 0.136 e. The van der Waals surface area contributed by atoms with Gasteiger partial charge >= 0.3 is 0 Å². The van der Waals surface area contributed by atoms with Gasteiger partial charge < -0.3 is 4.42 Å². The van der Waals surface area contributed by atoms with Crippen LogP contribution >= 0.6 is 0 Å². The van der Waals surface area contributed by atoms with E-state index in [2.05, 4.69) is 0 Å². The highest BCUT2D eigenvalue weighted by Crippen LogP contribution is 2.49. The van der Waals surface area contributed by atoms with Crippen LogP contribution in [0.1, 0.15) is 13.7 Å². The molecule has 0 spiro atoms. The summed E-state index contributed by atoms with van der Waals surface area (Å²) in [5.41, 5.74) is 5.27. The van der Waals surface area contributed by atoms with E-state index in [1.165, 1.54) is 0 Å². The van der Waals surface area contributed by atoms with Gasteiger partial charge in [0.15, 0.2) is 0 Å². The van der Waals surface area contributed by atoms with Crippen molar-refractivity contribution < 1.29 is 18.1 Å². The maximum absolute atomic E-state index is 8.85. The molecule has 8 aromatic carbocycles. The lowest BCUT2D eigenvalue weighted by atomic mass is 9.82. The molecule has 0 saturated heterocycles. The highest BCUT2D eigenvalue weighted by Gasteiger charge is 2.22. The van der Waals surface area contributed by atoms with Gasteiger partial charge in [0, 0.05) is 10.8 Å². The zero-order valence-corrected chi connectivity index (χ0v) is 23.8.